The smallest absolute Gasteiger partial charge is 0.304 e. The van der Waals surface area contributed by atoms with Crippen LogP contribution in [0.4, 0.5) is 8.78 Å². The van der Waals surface area contributed by atoms with Crippen LogP contribution in [0.3, 0.4) is 0 Å². The Bertz CT molecular complexity index is 1720. The first-order chi connectivity index (χ1) is 19.7. The largest absolute Gasteiger partial charge is 0.481 e. The highest BCUT2D eigenvalue weighted by molar-refractivity contribution is 14.1. The van der Waals surface area contributed by atoms with Gasteiger partial charge in [-0.2, -0.15) is 0 Å². The number of carboxylic acid groups (broad SMARTS) is 1. The summed E-state index contributed by atoms with van der Waals surface area (Å²) in [6, 6.07) is 14.8. The molecule has 3 aromatic carbocycles. The maximum Gasteiger partial charge on any atom is 0.304 e. The molecule has 5 aromatic rings. The molecule has 0 bridgehead atoms. The highest BCUT2D eigenvalue weighted by Crippen LogP contribution is 2.39. The number of carbonyl (C=O) groups is 1. The number of H-pyrrole nitrogens is 2. The predicted molar refractivity (Wildman–Crippen MR) is 160 cm³/mol. The molecule has 0 saturated heterocycles. The third-order valence-corrected chi connectivity index (χ3v) is 7.89. The van der Waals surface area contributed by atoms with Gasteiger partial charge in [-0.15, -0.1) is 0 Å². The minimum atomic E-state index is -0.992. The molecule has 0 saturated carbocycles. The summed E-state index contributed by atoms with van der Waals surface area (Å²) in [5, 5.41) is 19.7. The Morgan fingerprint density at radius 2 is 1.90 bits per heavy atom. The molecule has 0 amide bonds. The van der Waals surface area contributed by atoms with E-state index in [0.717, 1.165) is 14.5 Å². The summed E-state index contributed by atoms with van der Waals surface area (Å²) in [5.41, 5.74) is 1.62. The molecule has 212 valence electrons. The molecule has 0 aliphatic carbocycles. The van der Waals surface area contributed by atoms with Crippen molar-refractivity contribution in [3.8, 4) is 22.9 Å². The molecule has 2 aromatic heterocycles. The molecule has 4 N–H and O–H groups in total. The van der Waals surface area contributed by atoms with Crippen LogP contribution in [0.15, 0.2) is 67.0 Å². The van der Waals surface area contributed by atoms with Crippen LogP contribution in [0, 0.1) is 15.2 Å². The number of hydrogen-bond donors (Lipinski definition) is 4. The average Bonchev–Trinajstić information content (AvgIpc) is 3.61. The maximum absolute atomic E-state index is 15.2. The van der Waals surface area contributed by atoms with Crippen LogP contribution in [0.1, 0.15) is 43.0 Å². The quantitative estimate of drug-likeness (QED) is 0.0869. The Morgan fingerprint density at radius 3 is 2.66 bits per heavy atom. The number of benzene rings is 3. The summed E-state index contributed by atoms with van der Waals surface area (Å²) in [5.74, 6) is -1.68. The molecule has 0 spiro atoms. The molecule has 0 fully saturated rings. The SMILES string of the molecule is CC(CC(=O)O)(c1cccc(I)c1)c1c[nH]c(-c2cc(Oc3c(F)cc4[nH]ccc4c3CCCCO)ccc2F)n1. The Balaban J connectivity index is 1.51. The molecular weight excluding hydrogens is 643 g/mol. The van der Waals surface area contributed by atoms with Crippen molar-refractivity contribution >= 4 is 39.5 Å². The van der Waals surface area contributed by atoms with Gasteiger partial charge in [0.15, 0.2) is 11.6 Å². The van der Waals surface area contributed by atoms with Gasteiger partial charge in [-0.05, 0) is 90.7 Å². The molecule has 41 heavy (non-hydrogen) atoms. The number of unbranched alkanes of at least 4 members (excludes halogenated alkanes) is 1. The van der Waals surface area contributed by atoms with Crippen molar-refractivity contribution in [2.24, 2.45) is 0 Å². The van der Waals surface area contributed by atoms with Crippen LogP contribution >= 0.6 is 22.6 Å². The Hall–Kier alpha value is -3.77. The second-order valence-corrected chi connectivity index (χ2v) is 11.3. The molecule has 7 nitrogen and oxygen atoms in total. The van der Waals surface area contributed by atoms with E-state index in [1.807, 2.05) is 30.3 Å². The van der Waals surface area contributed by atoms with Gasteiger partial charge in [-0.3, -0.25) is 4.79 Å². The fourth-order valence-electron chi connectivity index (χ4n) is 5.08. The number of aliphatic carboxylic acids is 1. The number of halogens is 3. The molecule has 10 heteroatoms. The second kappa shape index (κ2) is 12.0. The van der Waals surface area contributed by atoms with Gasteiger partial charge in [-0.1, -0.05) is 12.1 Å². The lowest BCUT2D eigenvalue weighted by atomic mass is 9.77. The number of nitrogens with zero attached hydrogens (tertiary/aromatic N) is 1. The first-order valence-electron chi connectivity index (χ1n) is 13.1. The van der Waals surface area contributed by atoms with E-state index in [4.69, 9.17) is 4.74 Å². The molecule has 1 unspecified atom stereocenters. The number of hydrogen-bond acceptors (Lipinski definition) is 4. The Morgan fingerprint density at radius 1 is 1.07 bits per heavy atom. The van der Waals surface area contributed by atoms with Crippen molar-refractivity contribution in [1.82, 2.24) is 15.0 Å². The minimum Gasteiger partial charge on any atom is -0.481 e. The summed E-state index contributed by atoms with van der Waals surface area (Å²) < 4.78 is 37.3. The highest BCUT2D eigenvalue weighted by atomic mass is 127. The molecule has 2 heterocycles. The lowest BCUT2D eigenvalue weighted by Gasteiger charge is -2.27. The van der Waals surface area contributed by atoms with E-state index in [2.05, 4.69) is 37.5 Å². The molecule has 1 atom stereocenters. The number of aliphatic hydroxyl groups is 1. The lowest BCUT2D eigenvalue weighted by Crippen LogP contribution is -2.28. The monoisotopic (exact) mass is 671 g/mol. The first kappa shape index (κ1) is 28.7. The standard InChI is InChI=1S/C31H28F2IN3O4/c1-31(16-28(39)40,18-5-4-6-19(34)13-18)27-17-36-30(37-27)23-14-20(8-9-24(23)32)41-29-22(7-2-3-12-38)21-10-11-35-26(21)15-25(29)33/h4-6,8-11,13-15,17,35,38H,2-3,7,12,16H2,1H3,(H,36,37)(H,39,40). The van der Waals surface area contributed by atoms with Crippen molar-refractivity contribution in [3.05, 3.63) is 99.0 Å². The fourth-order valence-corrected chi connectivity index (χ4v) is 5.62. The Labute approximate surface area is 248 Å². The van der Waals surface area contributed by atoms with Crippen LogP contribution in [-0.4, -0.2) is 37.7 Å². The zero-order chi connectivity index (χ0) is 29.1. The van der Waals surface area contributed by atoms with Gasteiger partial charge in [0, 0.05) is 50.5 Å². The number of carboxylic acids is 1. The zero-order valence-electron chi connectivity index (χ0n) is 22.2. The summed E-state index contributed by atoms with van der Waals surface area (Å²) in [6.07, 6.45) is 4.77. The van der Waals surface area contributed by atoms with Crippen molar-refractivity contribution in [3.63, 3.8) is 0 Å². The highest BCUT2D eigenvalue weighted by Gasteiger charge is 2.35. The van der Waals surface area contributed by atoms with Gasteiger partial charge in [0.2, 0.25) is 0 Å². The van der Waals surface area contributed by atoms with E-state index in [1.54, 1.807) is 19.3 Å². The topological polar surface area (TPSA) is 111 Å². The van der Waals surface area contributed by atoms with Crippen LogP contribution in [0.2, 0.25) is 0 Å². The third kappa shape index (κ3) is 5.98. The van der Waals surface area contributed by atoms with Crippen molar-refractivity contribution in [2.45, 2.75) is 38.0 Å². The van der Waals surface area contributed by atoms with Crippen LogP contribution in [0.25, 0.3) is 22.3 Å². The Kier molecular flexibility index (Phi) is 8.41. The van der Waals surface area contributed by atoms with Crippen molar-refractivity contribution in [1.29, 1.82) is 0 Å². The van der Waals surface area contributed by atoms with Gasteiger partial charge >= 0.3 is 5.97 Å². The average molecular weight is 671 g/mol. The van der Waals surface area contributed by atoms with Gasteiger partial charge in [0.1, 0.15) is 17.4 Å². The lowest BCUT2D eigenvalue weighted by molar-refractivity contribution is -0.138. The van der Waals surface area contributed by atoms with Crippen molar-refractivity contribution < 1.29 is 28.5 Å². The molecule has 0 aliphatic heterocycles. The van der Waals surface area contributed by atoms with E-state index in [1.165, 1.54) is 24.3 Å². The molecule has 0 aliphatic rings. The number of ether oxygens (including phenoxy) is 1. The van der Waals surface area contributed by atoms with E-state index < -0.39 is 23.0 Å². The molecular formula is C31H28F2IN3O4. The van der Waals surface area contributed by atoms with Crippen LogP contribution < -0.4 is 4.74 Å². The van der Waals surface area contributed by atoms with Gasteiger partial charge in [0.25, 0.3) is 0 Å². The predicted octanol–water partition coefficient (Wildman–Crippen LogP) is 7.33. The van der Waals surface area contributed by atoms with E-state index in [-0.39, 0.29) is 35.9 Å². The summed E-state index contributed by atoms with van der Waals surface area (Å²) in [4.78, 5) is 22.5. The van der Waals surface area contributed by atoms with E-state index in [0.29, 0.717) is 36.0 Å². The number of aromatic amines is 2. The third-order valence-electron chi connectivity index (χ3n) is 7.22. The number of nitrogens with one attached hydrogen (secondary N) is 2. The first-order valence-corrected chi connectivity index (χ1v) is 14.2. The number of imidazole rings is 1. The summed E-state index contributed by atoms with van der Waals surface area (Å²) in [6.45, 7) is 1.82. The summed E-state index contributed by atoms with van der Waals surface area (Å²) >= 11 is 2.17. The number of aromatic nitrogens is 3. The normalized spacial score (nSPS) is 12.9. The van der Waals surface area contributed by atoms with Gasteiger partial charge in [0.05, 0.1) is 17.7 Å². The summed E-state index contributed by atoms with van der Waals surface area (Å²) in [7, 11) is 0. The number of rotatable bonds is 11. The second-order valence-electron chi connectivity index (χ2n) is 10.1. The van der Waals surface area contributed by atoms with Crippen LogP contribution in [0.5, 0.6) is 11.5 Å². The fraction of sp³-hybridized carbons (Fsp3) is 0.226. The molecule has 5 rings (SSSR count). The van der Waals surface area contributed by atoms with Crippen LogP contribution in [-0.2, 0) is 16.6 Å². The van der Waals surface area contributed by atoms with Gasteiger partial charge in [-0.25, -0.2) is 13.8 Å². The number of aliphatic hydroxyl groups excluding tert-OH is 1. The zero-order valence-corrected chi connectivity index (χ0v) is 24.3. The number of aryl methyl sites for hydroxylation is 1. The van der Waals surface area contributed by atoms with Crippen molar-refractivity contribution in [2.75, 3.05) is 6.61 Å². The van der Waals surface area contributed by atoms with Gasteiger partial charge < -0.3 is 24.9 Å². The maximum atomic E-state index is 15.2. The number of fused-ring (bicyclic) bond motifs is 1. The van der Waals surface area contributed by atoms with E-state index >= 15 is 8.78 Å². The minimum absolute atomic E-state index is 0.0310. The van der Waals surface area contributed by atoms with E-state index in [9.17, 15) is 15.0 Å². The molecule has 0 radical (unpaired) electrons.